The molecule has 1 aromatic heterocycles. The number of anilines is 1. The first-order chi connectivity index (χ1) is 9.05. The smallest absolute Gasteiger partial charge is 0.134 e. The van der Waals surface area contributed by atoms with Gasteiger partial charge in [-0.25, -0.2) is 4.98 Å². The number of nitrogens with one attached hydrogen (secondary N) is 1. The van der Waals surface area contributed by atoms with Crippen LogP contribution in [0.15, 0.2) is 30.5 Å². The second-order valence-electron chi connectivity index (χ2n) is 5.23. The van der Waals surface area contributed by atoms with E-state index in [0.29, 0.717) is 6.42 Å². The van der Waals surface area contributed by atoms with Crippen LogP contribution in [0.5, 0.6) is 5.75 Å². The molecule has 0 atom stereocenters. The first-order valence-corrected chi connectivity index (χ1v) is 6.37. The van der Waals surface area contributed by atoms with Crippen molar-refractivity contribution < 1.29 is 9.84 Å². The molecule has 0 bridgehead atoms. The highest BCUT2D eigenvalue weighted by molar-refractivity contribution is 5.92. The Morgan fingerprint density at radius 1 is 1.32 bits per heavy atom. The normalized spacial score (nSPS) is 11.6. The van der Waals surface area contributed by atoms with Gasteiger partial charge >= 0.3 is 0 Å². The van der Waals surface area contributed by atoms with Crippen LogP contribution in [0.3, 0.4) is 0 Å². The van der Waals surface area contributed by atoms with E-state index < -0.39 is 0 Å². The lowest BCUT2D eigenvalue weighted by atomic mass is 10.0. The molecule has 0 aliphatic carbocycles. The topological polar surface area (TPSA) is 54.4 Å². The van der Waals surface area contributed by atoms with Gasteiger partial charge in [-0.2, -0.15) is 0 Å². The summed E-state index contributed by atoms with van der Waals surface area (Å²) in [5.41, 5.74) is -0.198. The summed E-state index contributed by atoms with van der Waals surface area (Å²) in [6, 6.07) is 7.87. The monoisotopic (exact) mass is 260 g/mol. The molecule has 4 heteroatoms. The molecule has 102 valence electrons. The number of rotatable bonds is 5. The molecule has 2 N–H and O–H groups in total. The number of aliphatic hydroxyl groups is 1. The van der Waals surface area contributed by atoms with Crippen molar-refractivity contribution in [2.24, 2.45) is 0 Å². The summed E-state index contributed by atoms with van der Waals surface area (Å²) in [4.78, 5) is 4.40. The minimum atomic E-state index is -0.198. The third-order valence-electron chi connectivity index (χ3n) is 3.17. The fourth-order valence-electron chi connectivity index (χ4n) is 2.05. The first kappa shape index (κ1) is 13.6. The Hall–Kier alpha value is -1.81. The molecule has 0 aliphatic heterocycles. The van der Waals surface area contributed by atoms with Crippen LogP contribution < -0.4 is 10.1 Å². The van der Waals surface area contributed by atoms with Gasteiger partial charge in [0.05, 0.1) is 7.11 Å². The van der Waals surface area contributed by atoms with Gasteiger partial charge in [0.2, 0.25) is 0 Å². The van der Waals surface area contributed by atoms with Crippen LogP contribution in [0.25, 0.3) is 10.8 Å². The predicted molar refractivity (Wildman–Crippen MR) is 77.7 cm³/mol. The summed E-state index contributed by atoms with van der Waals surface area (Å²) >= 11 is 0. The van der Waals surface area contributed by atoms with Crippen LogP contribution in [0.2, 0.25) is 0 Å². The van der Waals surface area contributed by atoms with E-state index in [4.69, 9.17) is 9.84 Å². The third-order valence-corrected chi connectivity index (χ3v) is 3.17. The van der Waals surface area contributed by atoms with Crippen LogP contribution in [0.4, 0.5) is 5.82 Å². The van der Waals surface area contributed by atoms with Crippen molar-refractivity contribution in [3.8, 4) is 5.75 Å². The number of nitrogens with zero attached hydrogens (tertiary/aromatic N) is 1. The van der Waals surface area contributed by atoms with Crippen molar-refractivity contribution in [3.63, 3.8) is 0 Å². The molecule has 0 saturated heterocycles. The largest absolute Gasteiger partial charge is 0.497 e. The lowest BCUT2D eigenvalue weighted by Gasteiger charge is -2.26. The minimum Gasteiger partial charge on any atom is -0.497 e. The number of fused-ring (bicyclic) bond motifs is 1. The number of hydrogen-bond donors (Lipinski definition) is 2. The van der Waals surface area contributed by atoms with Gasteiger partial charge in [0.15, 0.2) is 0 Å². The molecule has 0 saturated carbocycles. The van der Waals surface area contributed by atoms with Crippen molar-refractivity contribution in [2.45, 2.75) is 25.8 Å². The minimum absolute atomic E-state index is 0.151. The maximum Gasteiger partial charge on any atom is 0.134 e. The van der Waals surface area contributed by atoms with E-state index in [-0.39, 0.29) is 12.1 Å². The maximum atomic E-state index is 9.08. The van der Waals surface area contributed by atoms with E-state index >= 15 is 0 Å². The number of hydrogen-bond acceptors (Lipinski definition) is 4. The summed E-state index contributed by atoms with van der Waals surface area (Å²) in [6.07, 6.45) is 2.44. The Balaban J connectivity index is 2.38. The molecule has 0 aliphatic rings. The molecule has 0 unspecified atom stereocenters. The summed E-state index contributed by atoms with van der Waals surface area (Å²) in [5, 5.41) is 14.6. The second kappa shape index (κ2) is 5.45. The summed E-state index contributed by atoms with van der Waals surface area (Å²) in [7, 11) is 1.66. The number of pyridine rings is 1. The number of aromatic nitrogens is 1. The standard InChI is InChI=1S/C15H20N2O2/c1-15(2,7-9-18)17-14-13-5-4-12(19-3)10-11(13)6-8-16-14/h4-6,8,10,18H,7,9H2,1-3H3,(H,16,17). The summed E-state index contributed by atoms with van der Waals surface area (Å²) < 4.78 is 5.23. The molecule has 1 heterocycles. The molecule has 0 amide bonds. The summed E-state index contributed by atoms with van der Waals surface area (Å²) in [5.74, 6) is 1.66. The van der Waals surface area contributed by atoms with Crippen molar-refractivity contribution >= 4 is 16.6 Å². The van der Waals surface area contributed by atoms with Gasteiger partial charge in [0, 0.05) is 23.7 Å². The van der Waals surface area contributed by atoms with E-state index in [2.05, 4.69) is 10.3 Å². The molecular weight excluding hydrogens is 240 g/mol. The van der Waals surface area contributed by atoms with Gasteiger partial charge in [0.25, 0.3) is 0 Å². The SMILES string of the molecule is COc1ccc2c(NC(C)(C)CCO)nccc2c1. The Bertz CT molecular complexity index is 567. The molecule has 0 fully saturated rings. The highest BCUT2D eigenvalue weighted by Crippen LogP contribution is 2.27. The van der Waals surface area contributed by atoms with Crippen molar-refractivity contribution in [3.05, 3.63) is 30.5 Å². The van der Waals surface area contributed by atoms with E-state index in [9.17, 15) is 0 Å². The second-order valence-corrected chi connectivity index (χ2v) is 5.23. The molecule has 2 rings (SSSR count). The lowest BCUT2D eigenvalue weighted by Crippen LogP contribution is -2.32. The molecule has 4 nitrogen and oxygen atoms in total. The molecule has 0 radical (unpaired) electrons. The zero-order valence-electron chi connectivity index (χ0n) is 11.6. The molecule has 19 heavy (non-hydrogen) atoms. The molecule has 0 spiro atoms. The zero-order chi connectivity index (χ0) is 13.9. The Morgan fingerprint density at radius 2 is 2.11 bits per heavy atom. The average molecular weight is 260 g/mol. The van der Waals surface area contributed by atoms with Crippen molar-refractivity contribution in [1.82, 2.24) is 4.98 Å². The maximum absolute atomic E-state index is 9.08. The van der Waals surface area contributed by atoms with Crippen molar-refractivity contribution in [1.29, 1.82) is 0 Å². The van der Waals surface area contributed by atoms with Crippen LogP contribution in [-0.4, -0.2) is 29.3 Å². The fourth-order valence-corrected chi connectivity index (χ4v) is 2.05. The molecule has 1 aromatic carbocycles. The van der Waals surface area contributed by atoms with Crippen LogP contribution >= 0.6 is 0 Å². The van der Waals surface area contributed by atoms with Crippen molar-refractivity contribution in [2.75, 3.05) is 19.0 Å². The number of ether oxygens (including phenoxy) is 1. The van der Waals surface area contributed by atoms with Gasteiger partial charge in [-0.15, -0.1) is 0 Å². The van der Waals surface area contributed by atoms with Crippen LogP contribution in [0.1, 0.15) is 20.3 Å². The summed E-state index contributed by atoms with van der Waals surface area (Å²) in [6.45, 7) is 4.25. The van der Waals surface area contributed by atoms with E-state index in [0.717, 1.165) is 22.3 Å². The highest BCUT2D eigenvalue weighted by Gasteiger charge is 2.18. The fraction of sp³-hybridized carbons (Fsp3) is 0.400. The zero-order valence-corrected chi connectivity index (χ0v) is 11.6. The average Bonchev–Trinajstić information content (AvgIpc) is 2.38. The molecular formula is C15H20N2O2. The van der Waals surface area contributed by atoms with E-state index in [1.165, 1.54) is 0 Å². The third kappa shape index (κ3) is 3.15. The van der Waals surface area contributed by atoms with Gasteiger partial charge in [0.1, 0.15) is 11.6 Å². The number of aliphatic hydroxyl groups excluding tert-OH is 1. The van der Waals surface area contributed by atoms with Gasteiger partial charge in [-0.1, -0.05) is 0 Å². The Labute approximate surface area is 113 Å². The van der Waals surface area contributed by atoms with Gasteiger partial charge < -0.3 is 15.2 Å². The lowest BCUT2D eigenvalue weighted by molar-refractivity contribution is 0.260. The Morgan fingerprint density at radius 3 is 2.79 bits per heavy atom. The van der Waals surface area contributed by atoms with Gasteiger partial charge in [-0.05, 0) is 49.9 Å². The quantitative estimate of drug-likeness (QED) is 0.868. The van der Waals surface area contributed by atoms with Crippen LogP contribution in [0, 0.1) is 0 Å². The van der Waals surface area contributed by atoms with E-state index in [1.54, 1.807) is 13.3 Å². The first-order valence-electron chi connectivity index (χ1n) is 6.37. The Kier molecular flexibility index (Phi) is 3.90. The van der Waals surface area contributed by atoms with E-state index in [1.807, 2.05) is 38.1 Å². The van der Waals surface area contributed by atoms with Crippen LogP contribution in [-0.2, 0) is 0 Å². The predicted octanol–water partition coefficient (Wildman–Crippen LogP) is 2.82. The number of benzene rings is 1. The van der Waals surface area contributed by atoms with Gasteiger partial charge in [-0.3, -0.25) is 0 Å². The molecule has 2 aromatic rings. The highest BCUT2D eigenvalue weighted by atomic mass is 16.5. The number of methoxy groups -OCH3 is 1.